The van der Waals surface area contributed by atoms with Crippen molar-refractivity contribution >= 4 is 11.9 Å². The molecule has 0 saturated heterocycles. The maximum absolute atomic E-state index is 12.4. The number of ether oxygens (including phenoxy) is 4. The zero-order valence-corrected chi connectivity index (χ0v) is 33.4. The van der Waals surface area contributed by atoms with E-state index in [0.29, 0.717) is 52.2 Å². The van der Waals surface area contributed by atoms with E-state index in [1.807, 2.05) is 0 Å². The molecule has 0 aromatic carbocycles. The molecular formula is C42H83NO7. The van der Waals surface area contributed by atoms with Crippen LogP contribution in [0.5, 0.6) is 0 Å². The van der Waals surface area contributed by atoms with Crippen LogP contribution in [-0.2, 0) is 28.5 Å². The molecule has 8 nitrogen and oxygen atoms in total. The van der Waals surface area contributed by atoms with Gasteiger partial charge in [-0.05, 0) is 58.0 Å². The highest BCUT2D eigenvalue weighted by Gasteiger charge is 2.12. The zero-order valence-electron chi connectivity index (χ0n) is 33.4. The Kier molecular flexibility index (Phi) is 39.6. The third kappa shape index (κ3) is 36.6. The Morgan fingerprint density at radius 3 is 1.32 bits per heavy atom. The number of hydrogen-bond donors (Lipinski definition) is 1. The number of esters is 2. The van der Waals surface area contributed by atoms with Gasteiger partial charge >= 0.3 is 11.9 Å². The van der Waals surface area contributed by atoms with Crippen LogP contribution < -0.4 is 0 Å². The molecule has 0 saturated carbocycles. The molecule has 8 heteroatoms. The Morgan fingerprint density at radius 2 is 0.840 bits per heavy atom. The minimum Gasteiger partial charge on any atom is -0.466 e. The summed E-state index contributed by atoms with van der Waals surface area (Å²) in [7, 11) is 0. The molecule has 50 heavy (non-hydrogen) atoms. The van der Waals surface area contributed by atoms with Crippen LogP contribution in [0.4, 0.5) is 0 Å². The predicted molar refractivity (Wildman–Crippen MR) is 207 cm³/mol. The number of carbonyl (C=O) groups is 2. The highest BCUT2D eigenvalue weighted by atomic mass is 16.7. The van der Waals surface area contributed by atoms with Crippen LogP contribution in [0.3, 0.4) is 0 Å². The average molecular weight is 714 g/mol. The van der Waals surface area contributed by atoms with Gasteiger partial charge in [0, 0.05) is 39.0 Å². The second-order valence-corrected chi connectivity index (χ2v) is 14.2. The molecule has 0 bridgehead atoms. The molecule has 0 rings (SSSR count). The normalized spacial score (nSPS) is 11.6. The second-order valence-electron chi connectivity index (χ2n) is 14.2. The minimum atomic E-state index is -0.308. The van der Waals surface area contributed by atoms with Crippen molar-refractivity contribution in [1.29, 1.82) is 0 Å². The van der Waals surface area contributed by atoms with Gasteiger partial charge in [-0.1, -0.05) is 136 Å². The molecule has 0 aliphatic heterocycles. The monoisotopic (exact) mass is 714 g/mol. The van der Waals surface area contributed by atoms with E-state index in [-0.39, 0.29) is 24.8 Å². The van der Waals surface area contributed by atoms with Crippen LogP contribution in [0.2, 0.25) is 0 Å². The maximum Gasteiger partial charge on any atom is 0.305 e. The number of aliphatic hydroxyl groups is 1. The Bertz CT molecular complexity index is 692. The summed E-state index contributed by atoms with van der Waals surface area (Å²) >= 11 is 0. The second kappa shape index (κ2) is 40.5. The molecule has 0 heterocycles. The summed E-state index contributed by atoms with van der Waals surface area (Å²) in [5.41, 5.74) is 0. The van der Waals surface area contributed by atoms with Gasteiger partial charge in [-0.25, -0.2) is 0 Å². The van der Waals surface area contributed by atoms with E-state index < -0.39 is 0 Å². The Balaban J connectivity index is 3.97. The van der Waals surface area contributed by atoms with Crippen molar-refractivity contribution in [2.24, 2.45) is 0 Å². The van der Waals surface area contributed by atoms with Crippen molar-refractivity contribution in [3.05, 3.63) is 0 Å². The number of nitrogens with zero attached hydrogens (tertiary/aromatic N) is 1. The van der Waals surface area contributed by atoms with Crippen molar-refractivity contribution in [1.82, 2.24) is 4.90 Å². The fourth-order valence-electron chi connectivity index (χ4n) is 6.11. The van der Waals surface area contributed by atoms with Crippen molar-refractivity contribution in [3.63, 3.8) is 0 Å². The molecule has 298 valence electrons. The van der Waals surface area contributed by atoms with E-state index in [2.05, 4.69) is 25.7 Å². The Morgan fingerprint density at radius 1 is 0.460 bits per heavy atom. The van der Waals surface area contributed by atoms with Crippen molar-refractivity contribution in [2.45, 2.75) is 207 Å². The molecular weight excluding hydrogens is 630 g/mol. The van der Waals surface area contributed by atoms with Gasteiger partial charge in [-0.15, -0.1) is 0 Å². The molecule has 0 radical (unpaired) electrons. The maximum atomic E-state index is 12.4. The first kappa shape index (κ1) is 48.8. The van der Waals surface area contributed by atoms with Crippen LogP contribution in [0.1, 0.15) is 201 Å². The fraction of sp³-hybridized carbons (Fsp3) is 0.952. The van der Waals surface area contributed by atoms with Gasteiger partial charge in [0.05, 0.1) is 19.8 Å². The lowest BCUT2D eigenvalue weighted by molar-refractivity contribution is -0.161. The first-order valence-corrected chi connectivity index (χ1v) is 21.4. The SMILES string of the molecule is CCCCCCCCCCCCOC(=O)CCCCN(CCO)CCCCCC(=O)OCCC(OCCCCCCC)OCCCCCCC. The Labute approximate surface area is 309 Å². The molecule has 0 spiro atoms. The van der Waals surface area contributed by atoms with Gasteiger partial charge in [0.1, 0.15) is 0 Å². The predicted octanol–water partition coefficient (Wildman–Crippen LogP) is 10.7. The number of rotatable bonds is 41. The first-order chi connectivity index (χ1) is 24.6. The molecule has 0 aliphatic rings. The van der Waals surface area contributed by atoms with E-state index in [9.17, 15) is 14.7 Å². The third-order valence-electron chi connectivity index (χ3n) is 9.36. The number of aliphatic hydroxyl groups excluding tert-OH is 1. The molecule has 0 atom stereocenters. The van der Waals surface area contributed by atoms with Gasteiger partial charge in [-0.3, -0.25) is 9.59 Å². The summed E-state index contributed by atoms with van der Waals surface area (Å²) in [6, 6.07) is 0. The van der Waals surface area contributed by atoms with Crippen LogP contribution >= 0.6 is 0 Å². The summed E-state index contributed by atoms with van der Waals surface area (Å²) < 4.78 is 23.0. The van der Waals surface area contributed by atoms with Gasteiger partial charge in [0.25, 0.3) is 0 Å². The van der Waals surface area contributed by atoms with Gasteiger partial charge in [-0.2, -0.15) is 0 Å². The van der Waals surface area contributed by atoms with Gasteiger partial charge < -0.3 is 29.0 Å². The zero-order chi connectivity index (χ0) is 36.6. The first-order valence-electron chi connectivity index (χ1n) is 21.4. The van der Waals surface area contributed by atoms with Crippen LogP contribution in [0, 0.1) is 0 Å². The lowest BCUT2D eigenvalue weighted by Gasteiger charge is -2.21. The molecule has 0 amide bonds. The van der Waals surface area contributed by atoms with E-state index in [0.717, 1.165) is 70.9 Å². The van der Waals surface area contributed by atoms with Crippen LogP contribution in [0.15, 0.2) is 0 Å². The van der Waals surface area contributed by atoms with Crippen molar-refractivity contribution in [2.75, 3.05) is 52.7 Å². The van der Waals surface area contributed by atoms with Crippen molar-refractivity contribution < 1.29 is 33.6 Å². The average Bonchev–Trinajstić information content (AvgIpc) is 3.11. The van der Waals surface area contributed by atoms with Gasteiger partial charge in [0.2, 0.25) is 0 Å². The fourth-order valence-corrected chi connectivity index (χ4v) is 6.11. The molecule has 0 unspecified atom stereocenters. The number of unbranched alkanes of at least 4 members (excludes halogenated alkanes) is 20. The van der Waals surface area contributed by atoms with E-state index in [1.165, 1.54) is 103 Å². The molecule has 0 aliphatic carbocycles. The summed E-state index contributed by atoms with van der Waals surface area (Å²) in [5, 5.41) is 9.50. The molecule has 0 aromatic rings. The largest absolute Gasteiger partial charge is 0.466 e. The van der Waals surface area contributed by atoms with Crippen LogP contribution in [0.25, 0.3) is 0 Å². The molecule has 0 aromatic heterocycles. The molecule has 1 N–H and O–H groups in total. The summed E-state index contributed by atoms with van der Waals surface area (Å²) in [6.07, 6.45) is 30.2. The lowest BCUT2D eigenvalue weighted by Crippen LogP contribution is -2.29. The quantitative estimate of drug-likeness (QED) is 0.0380. The Hall–Kier alpha value is -1.22. The topological polar surface area (TPSA) is 94.5 Å². The third-order valence-corrected chi connectivity index (χ3v) is 9.36. The van der Waals surface area contributed by atoms with E-state index in [1.54, 1.807) is 0 Å². The van der Waals surface area contributed by atoms with Gasteiger partial charge in [0.15, 0.2) is 6.29 Å². The lowest BCUT2D eigenvalue weighted by atomic mass is 10.1. The smallest absolute Gasteiger partial charge is 0.305 e. The number of carbonyl (C=O) groups excluding carboxylic acids is 2. The summed E-state index contributed by atoms with van der Waals surface area (Å²) in [6.45, 7) is 11.4. The van der Waals surface area contributed by atoms with Crippen LogP contribution in [-0.4, -0.2) is 80.9 Å². The number of hydrogen-bond acceptors (Lipinski definition) is 8. The summed E-state index contributed by atoms with van der Waals surface area (Å²) in [4.78, 5) is 26.7. The summed E-state index contributed by atoms with van der Waals surface area (Å²) in [5.74, 6) is -0.247. The highest BCUT2D eigenvalue weighted by Crippen LogP contribution is 2.12. The molecule has 0 fully saturated rings. The minimum absolute atomic E-state index is 0.0901. The standard InChI is InChI=1S/C42H83NO7/c1-4-7-10-13-14-15-16-17-20-26-36-47-40(45)30-23-25-33-43(34-35-44)32-24-21-22-29-41(46)48-39-31-42(49-37-27-18-11-8-5-2)50-38-28-19-12-9-6-3/h42,44H,4-39H2,1-3H3. The van der Waals surface area contributed by atoms with E-state index >= 15 is 0 Å². The highest BCUT2D eigenvalue weighted by molar-refractivity contribution is 5.69. The van der Waals surface area contributed by atoms with Crippen molar-refractivity contribution in [3.8, 4) is 0 Å². The van der Waals surface area contributed by atoms with E-state index in [4.69, 9.17) is 18.9 Å².